The van der Waals surface area contributed by atoms with Crippen molar-refractivity contribution in [1.29, 1.82) is 0 Å². The number of halogens is 1. The van der Waals surface area contributed by atoms with E-state index in [9.17, 15) is 0 Å². The highest BCUT2D eigenvalue weighted by atomic mass is 127. The molecule has 2 aliphatic rings. The average molecular weight is 498 g/mol. The fourth-order valence-electron chi connectivity index (χ4n) is 3.76. The predicted octanol–water partition coefficient (Wildman–Crippen LogP) is 3.69. The molecule has 28 heavy (non-hydrogen) atoms. The van der Waals surface area contributed by atoms with Gasteiger partial charge in [0.15, 0.2) is 5.96 Å². The molecule has 2 N–H and O–H groups in total. The topological polar surface area (TPSA) is 48.9 Å². The molecular weight excluding hydrogens is 463 g/mol. The van der Waals surface area contributed by atoms with E-state index in [2.05, 4.69) is 50.9 Å². The first-order valence-electron chi connectivity index (χ1n) is 10.3. The first kappa shape index (κ1) is 23.2. The molecule has 1 aliphatic carbocycles. The van der Waals surface area contributed by atoms with E-state index in [0.717, 1.165) is 58.3 Å². The predicted molar refractivity (Wildman–Crippen MR) is 127 cm³/mol. The van der Waals surface area contributed by atoms with Crippen LogP contribution in [0, 0.1) is 0 Å². The number of benzene rings is 1. The number of rotatable bonds is 7. The zero-order chi connectivity index (χ0) is 18.7. The number of hydrogen-bond acceptors (Lipinski definition) is 3. The highest BCUT2D eigenvalue weighted by molar-refractivity contribution is 14.0. The molecule has 1 saturated heterocycles. The minimum absolute atomic E-state index is 0. The van der Waals surface area contributed by atoms with E-state index >= 15 is 0 Å². The van der Waals surface area contributed by atoms with Gasteiger partial charge in [-0.2, -0.15) is 0 Å². The van der Waals surface area contributed by atoms with E-state index in [1.807, 2.05) is 7.05 Å². The van der Waals surface area contributed by atoms with Crippen molar-refractivity contribution in [2.45, 2.75) is 45.2 Å². The second-order valence-corrected chi connectivity index (χ2v) is 7.37. The second-order valence-electron chi connectivity index (χ2n) is 7.37. The Morgan fingerprint density at radius 2 is 1.89 bits per heavy atom. The van der Waals surface area contributed by atoms with Crippen LogP contribution in [0.5, 0.6) is 0 Å². The lowest BCUT2D eigenvalue weighted by Crippen LogP contribution is -2.38. The standard InChI is InChI=1S/C22H34N4O.HI/c1-23-22(24-12-11-19-7-3-2-4-8-19)25-17-20-9-5-6-10-21(20)18-26-13-15-27-16-14-26;/h5-7,9-10H,2-4,8,11-18H2,1H3,(H2,23,24,25);1H. The molecule has 1 aromatic rings. The molecule has 1 heterocycles. The summed E-state index contributed by atoms with van der Waals surface area (Å²) in [5.74, 6) is 0.882. The van der Waals surface area contributed by atoms with Gasteiger partial charge in [0, 0.05) is 39.8 Å². The molecule has 0 aromatic heterocycles. The number of nitrogens with zero attached hydrogens (tertiary/aromatic N) is 2. The van der Waals surface area contributed by atoms with Crippen LogP contribution in [-0.4, -0.2) is 50.8 Å². The zero-order valence-electron chi connectivity index (χ0n) is 17.1. The molecule has 6 heteroatoms. The lowest BCUT2D eigenvalue weighted by molar-refractivity contribution is 0.0341. The maximum absolute atomic E-state index is 5.46. The molecule has 5 nitrogen and oxygen atoms in total. The fraction of sp³-hybridized carbons (Fsp3) is 0.591. The maximum atomic E-state index is 5.46. The second kappa shape index (κ2) is 13.2. The largest absolute Gasteiger partial charge is 0.379 e. The quantitative estimate of drug-likeness (QED) is 0.261. The minimum Gasteiger partial charge on any atom is -0.379 e. The molecule has 1 aliphatic heterocycles. The van der Waals surface area contributed by atoms with E-state index in [-0.39, 0.29) is 24.0 Å². The van der Waals surface area contributed by atoms with Gasteiger partial charge in [-0.05, 0) is 43.2 Å². The fourth-order valence-corrected chi connectivity index (χ4v) is 3.76. The summed E-state index contributed by atoms with van der Waals surface area (Å²) in [7, 11) is 1.84. The molecule has 0 spiro atoms. The number of hydrogen-bond donors (Lipinski definition) is 2. The first-order valence-corrected chi connectivity index (χ1v) is 10.3. The number of guanidine groups is 1. The Bertz CT molecular complexity index is 641. The van der Waals surface area contributed by atoms with Gasteiger partial charge >= 0.3 is 0 Å². The number of nitrogens with one attached hydrogen (secondary N) is 2. The van der Waals surface area contributed by atoms with Gasteiger partial charge in [-0.1, -0.05) is 35.9 Å². The molecule has 0 saturated carbocycles. The molecule has 156 valence electrons. The van der Waals surface area contributed by atoms with Crippen LogP contribution in [0.2, 0.25) is 0 Å². The van der Waals surface area contributed by atoms with Crippen molar-refractivity contribution in [2.24, 2.45) is 4.99 Å². The van der Waals surface area contributed by atoms with Gasteiger partial charge in [0.05, 0.1) is 13.2 Å². The van der Waals surface area contributed by atoms with E-state index in [1.54, 1.807) is 5.57 Å². The van der Waals surface area contributed by atoms with Crippen LogP contribution in [0.3, 0.4) is 0 Å². The zero-order valence-corrected chi connectivity index (χ0v) is 19.4. The van der Waals surface area contributed by atoms with Crippen molar-refractivity contribution in [2.75, 3.05) is 39.9 Å². The van der Waals surface area contributed by atoms with Crippen LogP contribution in [0.25, 0.3) is 0 Å². The van der Waals surface area contributed by atoms with Gasteiger partial charge in [-0.25, -0.2) is 0 Å². The van der Waals surface area contributed by atoms with Crippen LogP contribution >= 0.6 is 24.0 Å². The third-order valence-corrected chi connectivity index (χ3v) is 5.41. The summed E-state index contributed by atoms with van der Waals surface area (Å²) in [6.07, 6.45) is 8.76. The Hall–Kier alpha value is -1.12. The molecule has 1 aromatic carbocycles. The summed E-state index contributed by atoms with van der Waals surface area (Å²) in [6, 6.07) is 8.69. The van der Waals surface area contributed by atoms with Gasteiger partial charge in [-0.15, -0.1) is 24.0 Å². The summed E-state index contributed by atoms with van der Waals surface area (Å²) >= 11 is 0. The third-order valence-electron chi connectivity index (χ3n) is 5.41. The lowest BCUT2D eigenvalue weighted by atomic mass is 9.97. The summed E-state index contributed by atoms with van der Waals surface area (Å²) in [5, 5.41) is 6.94. The average Bonchev–Trinajstić information content (AvgIpc) is 2.73. The SMILES string of the molecule is CN=C(NCCC1=CCCCC1)NCc1ccccc1CN1CCOCC1.I. The molecule has 0 radical (unpaired) electrons. The van der Waals surface area contributed by atoms with Crippen LogP contribution in [0.15, 0.2) is 40.9 Å². The van der Waals surface area contributed by atoms with Gasteiger partial charge in [-0.3, -0.25) is 9.89 Å². The normalized spacial score (nSPS) is 18.2. The van der Waals surface area contributed by atoms with Gasteiger partial charge < -0.3 is 15.4 Å². The van der Waals surface area contributed by atoms with Gasteiger partial charge in [0.25, 0.3) is 0 Å². The van der Waals surface area contributed by atoms with E-state index in [4.69, 9.17) is 4.74 Å². The summed E-state index contributed by atoms with van der Waals surface area (Å²) in [5.41, 5.74) is 4.32. The van der Waals surface area contributed by atoms with E-state index in [0.29, 0.717) is 0 Å². The Kier molecular flexibility index (Phi) is 10.9. The number of allylic oxidation sites excluding steroid dienone is 1. The van der Waals surface area contributed by atoms with Crippen molar-refractivity contribution in [1.82, 2.24) is 15.5 Å². The highest BCUT2D eigenvalue weighted by Gasteiger charge is 2.13. The Balaban J connectivity index is 0.00000280. The summed E-state index contributed by atoms with van der Waals surface area (Å²) < 4.78 is 5.46. The van der Waals surface area contributed by atoms with Crippen molar-refractivity contribution in [3.05, 3.63) is 47.0 Å². The molecule has 0 unspecified atom stereocenters. The minimum atomic E-state index is 0. The van der Waals surface area contributed by atoms with Crippen molar-refractivity contribution in [3.8, 4) is 0 Å². The Labute approximate surface area is 187 Å². The first-order chi connectivity index (χ1) is 13.3. The molecule has 0 atom stereocenters. The Morgan fingerprint density at radius 1 is 1.11 bits per heavy atom. The van der Waals surface area contributed by atoms with Gasteiger partial charge in [0.2, 0.25) is 0 Å². The summed E-state index contributed by atoms with van der Waals surface area (Å²) in [4.78, 5) is 6.84. The van der Waals surface area contributed by atoms with Crippen LogP contribution in [0.4, 0.5) is 0 Å². The van der Waals surface area contributed by atoms with Crippen LogP contribution < -0.4 is 10.6 Å². The highest BCUT2D eigenvalue weighted by Crippen LogP contribution is 2.19. The molecule has 1 fully saturated rings. The molecular formula is C22H35IN4O. The molecule has 0 bridgehead atoms. The van der Waals surface area contributed by atoms with Crippen molar-refractivity contribution >= 4 is 29.9 Å². The number of morpholine rings is 1. The lowest BCUT2D eigenvalue weighted by Gasteiger charge is -2.27. The number of ether oxygens (including phenoxy) is 1. The van der Waals surface area contributed by atoms with Crippen LogP contribution in [0.1, 0.15) is 43.2 Å². The third kappa shape index (κ3) is 7.72. The smallest absolute Gasteiger partial charge is 0.191 e. The van der Waals surface area contributed by atoms with E-state index < -0.39 is 0 Å². The molecule has 3 rings (SSSR count). The monoisotopic (exact) mass is 498 g/mol. The van der Waals surface area contributed by atoms with Gasteiger partial charge in [0.1, 0.15) is 0 Å². The summed E-state index contributed by atoms with van der Waals surface area (Å²) in [6.45, 7) is 6.44. The van der Waals surface area contributed by atoms with Crippen molar-refractivity contribution < 1.29 is 4.74 Å². The van der Waals surface area contributed by atoms with Crippen LogP contribution in [-0.2, 0) is 17.8 Å². The van der Waals surface area contributed by atoms with E-state index in [1.165, 1.54) is 36.8 Å². The Morgan fingerprint density at radius 3 is 2.61 bits per heavy atom. The molecule has 0 amide bonds. The maximum Gasteiger partial charge on any atom is 0.191 e. The van der Waals surface area contributed by atoms with Crippen molar-refractivity contribution in [3.63, 3.8) is 0 Å². The number of aliphatic imine (C=N–C) groups is 1.